The van der Waals surface area contributed by atoms with E-state index in [1.54, 1.807) is 18.6 Å². The molecule has 0 amide bonds. The molecule has 120 valence electrons. The maximum atomic E-state index is 6.10. The van der Waals surface area contributed by atoms with E-state index in [0.29, 0.717) is 17.4 Å². The number of nitrogens with zero attached hydrogens (tertiary/aromatic N) is 4. The first-order valence-electron chi connectivity index (χ1n) is 8.08. The van der Waals surface area contributed by atoms with Crippen LogP contribution in [0, 0.1) is 11.8 Å². The number of hydrogen-bond acceptors (Lipinski definition) is 5. The fourth-order valence-electron chi connectivity index (χ4n) is 3.11. The Hall–Kier alpha value is -2.91. The highest BCUT2D eigenvalue weighted by atomic mass is 15.1. The van der Waals surface area contributed by atoms with Gasteiger partial charge in [0.25, 0.3) is 0 Å². The van der Waals surface area contributed by atoms with Gasteiger partial charge in [-0.05, 0) is 44.0 Å². The summed E-state index contributed by atoms with van der Waals surface area (Å²) in [6.07, 6.45) is 9.24. The third kappa shape index (κ3) is 2.70. The molecule has 0 unspecified atom stereocenters. The number of anilines is 1. The highest BCUT2D eigenvalue weighted by Gasteiger charge is 2.22. The van der Waals surface area contributed by atoms with Crippen molar-refractivity contribution in [2.75, 3.05) is 18.8 Å². The molecule has 0 bridgehead atoms. The average molecular weight is 318 g/mol. The monoisotopic (exact) mass is 318 g/mol. The third-order valence-electron chi connectivity index (χ3n) is 4.30. The molecule has 0 atom stereocenters. The van der Waals surface area contributed by atoms with E-state index in [-0.39, 0.29) is 0 Å². The minimum absolute atomic E-state index is 0.412. The van der Waals surface area contributed by atoms with E-state index in [9.17, 15) is 0 Å². The van der Waals surface area contributed by atoms with Gasteiger partial charge < -0.3 is 11.1 Å². The zero-order chi connectivity index (χ0) is 16.4. The molecule has 0 radical (unpaired) electrons. The Morgan fingerprint density at radius 1 is 1.21 bits per heavy atom. The molecule has 6 heteroatoms. The lowest BCUT2D eigenvalue weighted by molar-refractivity contribution is 0.444. The van der Waals surface area contributed by atoms with Gasteiger partial charge in [-0.2, -0.15) is 0 Å². The number of aromatic nitrogens is 4. The van der Waals surface area contributed by atoms with Crippen molar-refractivity contribution < 1.29 is 0 Å². The fraction of sp³-hybridized carbons (Fsp3) is 0.278. The molecule has 3 N–H and O–H groups in total. The van der Waals surface area contributed by atoms with E-state index in [1.165, 1.54) is 0 Å². The van der Waals surface area contributed by atoms with Crippen molar-refractivity contribution in [1.82, 2.24) is 24.7 Å². The van der Waals surface area contributed by atoms with Crippen LogP contribution in [0.5, 0.6) is 0 Å². The van der Waals surface area contributed by atoms with Crippen LogP contribution in [-0.2, 0) is 0 Å². The molecule has 0 saturated carbocycles. The molecular formula is C18H18N6. The number of rotatable bonds is 1. The van der Waals surface area contributed by atoms with Crippen molar-refractivity contribution >= 4 is 11.3 Å². The molecule has 0 spiro atoms. The molecular weight excluding hydrogens is 300 g/mol. The normalized spacial score (nSPS) is 15.2. The molecule has 3 aromatic rings. The van der Waals surface area contributed by atoms with E-state index >= 15 is 0 Å². The lowest BCUT2D eigenvalue weighted by Gasteiger charge is -2.21. The van der Waals surface area contributed by atoms with Crippen LogP contribution < -0.4 is 11.1 Å². The summed E-state index contributed by atoms with van der Waals surface area (Å²) in [5.74, 6) is 8.15. The zero-order valence-corrected chi connectivity index (χ0v) is 13.2. The highest BCUT2D eigenvalue weighted by molar-refractivity contribution is 5.73. The van der Waals surface area contributed by atoms with E-state index in [4.69, 9.17) is 10.7 Å². The molecule has 24 heavy (non-hydrogen) atoms. The van der Waals surface area contributed by atoms with Gasteiger partial charge in [-0.3, -0.25) is 9.38 Å². The van der Waals surface area contributed by atoms with Crippen LogP contribution in [0.3, 0.4) is 0 Å². The van der Waals surface area contributed by atoms with Gasteiger partial charge in [0, 0.05) is 36.3 Å². The summed E-state index contributed by atoms with van der Waals surface area (Å²) < 4.78 is 2.05. The van der Waals surface area contributed by atoms with Gasteiger partial charge in [-0.1, -0.05) is 5.92 Å². The quantitative estimate of drug-likeness (QED) is 0.666. The molecule has 4 heterocycles. The van der Waals surface area contributed by atoms with Gasteiger partial charge in [-0.15, -0.1) is 0 Å². The lowest BCUT2D eigenvalue weighted by Crippen LogP contribution is -2.27. The number of fused-ring (bicyclic) bond motifs is 1. The Morgan fingerprint density at radius 3 is 2.88 bits per heavy atom. The van der Waals surface area contributed by atoms with Gasteiger partial charge in [0.05, 0.1) is 0 Å². The molecule has 1 fully saturated rings. The predicted molar refractivity (Wildman–Crippen MR) is 92.5 cm³/mol. The van der Waals surface area contributed by atoms with Crippen LogP contribution in [0.2, 0.25) is 0 Å². The first-order valence-corrected chi connectivity index (χ1v) is 8.08. The van der Waals surface area contributed by atoms with Crippen LogP contribution in [0.15, 0.2) is 36.9 Å². The van der Waals surface area contributed by atoms with Gasteiger partial charge in [-0.25, -0.2) is 9.97 Å². The molecule has 4 rings (SSSR count). The van der Waals surface area contributed by atoms with Gasteiger partial charge in [0.1, 0.15) is 17.0 Å². The predicted octanol–water partition coefficient (Wildman–Crippen LogP) is 1.57. The van der Waals surface area contributed by atoms with Crippen molar-refractivity contribution in [3.05, 3.63) is 54.0 Å². The van der Waals surface area contributed by atoms with E-state index in [0.717, 1.165) is 42.8 Å². The van der Waals surface area contributed by atoms with Crippen LogP contribution in [0.4, 0.5) is 5.82 Å². The van der Waals surface area contributed by atoms with Crippen molar-refractivity contribution in [2.24, 2.45) is 0 Å². The van der Waals surface area contributed by atoms with Crippen molar-refractivity contribution in [2.45, 2.75) is 18.8 Å². The minimum atomic E-state index is 0.412. The summed E-state index contributed by atoms with van der Waals surface area (Å²) in [6.45, 7) is 2.02. The van der Waals surface area contributed by atoms with E-state index in [2.05, 4.69) is 27.1 Å². The second-order valence-electron chi connectivity index (χ2n) is 5.87. The Kier molecular flexibility index (Phi) is 3.85. The number of nitrogens with two attached hydrogens (primary N) is 1. The molecule has 0 aromatic carbocycles. The molecule has 0 aliphatic carbocycles. The second-order valence-corrected chi connectivity index (χ2v) is 5.87. The summed E-state index contributed by atoms with van der Waals surface area (Å²) >= 11 is 0. The fourth-order valence-corrected chi connectivity index (χ4v) is 3.11. The van der Waals surface area contributed by atoms with Crippen LogP contribution in [-0.4, -0.2) is 32.4 Å². The van der Waals surface area contributed by atoms with E-state index < -0.39 is 0 Å². The lowest BCUT2D eigenvalue weighted by atomic mass is 9.97. The number of pyridine rings is 1. The van der Waals surface area contributed by atoms with Crippen molar-refractivity contribution in [3.8, 4) is 11.8 Å². The SMILES string of the molecule is Nc1nccn2c(C3CCNCC3)nc(C#Cc3cccnc3)c12. The standard InChI is InChI=1S/C18H18N6/c19-17-16-15(4-3-13-2-1-7-21-12-13)23-18(24(16)11-10-22-17)14-5-8-20-9-6-14/h1-2,7,10-12,14,20H,5-6,8-9H2,(H2,19,22). The Bertz CT molecular complexity index is 913. The summed E-state index contributed by atoms with van der Waals surface area (Å²) in [5.41, 5.74) is 8.43. The topological polar surface area (TPSA) is 81.1 Å². The molecule has 1 saturated heterocycles. The van der Waals surface area contributed by atoms with E-state index in [1.807, 2.05) is 22.7 Å². The van der Waals surface area contributed by atoms with Gasteiger partial charge in [0.15, 0.2) is 5.82 Å². The Morgan fingerprint density at radius 2 is 2.08 bits per heavy atom. The average Bonchev–Trinajstić information content (AvgIpc) is 3.02. The summed E-state index contributed by atoms with van der Waals surface area (Å²) in [7, 11) is 0. The maximum absolute atomic E-state index is 6.10. The second kappa shape index (κ2) is 6.30. The number of nitrogens with one attached hydrogen (secondary N) is 1. The van der Waals surface area contributed by atoms with Crippen LogP contribution >= 0.6 is 0 Å². The summed E-state index contributed by atoms with van der Waals surface area (Å²) in [6, 6.07) is 3.79. The zero-order valence-electron chi connectivity index (χ0n) is 13.2. The molecule has 6 nitrogen and oxygen atoms in total. The van der Waals surface area contributed by atoms with Crippen molar-refractivity contribution in [1.29, 1.82) is 0 Å². The number of piperidine rings is 1. The molecule has 1 aliphatic heterocycles. The molecule has 1 aliphatic rings. The van der Waals surface area contributed by atoms with Gasteiger partial charge >= 0.3 is 0 Å². The first kappa shape index (κ1) is 14.7. The number of hydrogen-bond donors (Lipinski definition) is 2. The highest BCUT2D eigenvalue weighted by Crippen LogP contribution is 2.28. The van der Waals surface area contributed by atoms with Crippen molar-refractivity contribution in [3.63, 3.8) is 0 Å². The number of nitrogen functional groups attached to an aromatic ring is 1. The summed E-state index contributed by atoms with van der Waals surface area (Å²) in [5, 5.41) is 3.39. The maximum Gasteiger partial charge on any atom is 0.150 e. The summed E-state index contributed by atoms with van der Waals surface area (Å²) in [4.78, 5) is 13.1. The minimum Gasteiger partial charge on any atom is -0.382 e. The first-order chi connectivity index (χ1) is 11.8. The third-order valence-corrected chi connectivity index (χ3v) is 4.30. The largest absolute Gasteiger partial charge is 0.382 e. The smallest absolute Gasteiger partial charge is 0.150 e. The van der Waals surface area contributed by atoms with Crippen LogP contribution in [0.25, 0.3) is 5.52 Å². The van der Waals surface area contributed by atoms with Gasteiger partial charge in [0.2, 0.25) is 0 Å². The number of imidazole rings is 1. The Balaban J connectivity index is 1.82. The molecule has 3 aromatic heterocycles. The van der Waals surface area contributed by atoms with Crippen LogP contribution in [0.1, 0.15) is 35.8 Å². The Labute approximate surface area is 140 Å².